The monoisotopic (exact) mass is 451 g/mol. The zero-order valence-corrected chi connectivity index (χ0v) is 18.8. The van der Waals surface area contributed by atoms with Crippen molar-refractivity contribution in [2.75, 3.05) is 19.5 Å². The zero-order chi connectivity index (χ0) is 21.6. The molecule has 0 radical (unpaired) electrons. The van der Waals surface area contributed by atoms with E-state index >= 15 is 0 Å². The number of ether oxygens (including phenoxy) is 2. The first-order valence-corrected chi connectivity index (χ1v) is 11.6. The van der Waals surface area contributed by atoms with Crippen molar-refractivity contribution in [1.29, 1.82) is 0 Å². The van der Waals surface area contributed by atoms with Gasteiger partial charge in [-0.25, -0.2) is 0 Å². The average molecular weight is 452 g/mol. The maximum Gasteiger partial charge on any atom is 0.196 e. The minimum absolute atomic E-state index is 0.0200. The maximum atomic E-state index is 12.7. The van der Waals surface area contributed by atoms with E-state index in [0.29, 0.717) is 17.3 Å². The Labute approximate surface area is 188 Å². The largest absolute Gasteiger partial charge is 0.497 e. The van der Waals surface area contributed by atoms with Crippen molar-refractivity contribution in [3.8, 4) is 27.9 Å². The number of hydrogen-bond donors (Lipinski definition) is 0. The molecule has 0 aliphatic carbocycles. The van der Waals surface area contributed by atoms with Gasteiger partial charge in [-0.3, -0.25) is 9.36 Å². The molecule has 4 rings (SSSR count). The Morgan fingerprint density at radius 1 is 1.03 bits per heavy atom. The lowest BCUT2D eigenvalue weighted by molar-refractivity contribution is 0.102. The molecule has 0 atom stereocenters. The summed E-state index contributed by atoms with van der Waals surface area (Å²) in [5.41, 5.74) is 1.55. The third-order valence-corrected chi connectivity index (χ3v) is 6.32. The molecule has 2 aromatic heterocycles. The molecule has 0 saturated heterocycles. The lowest BCUT2D eigenvalue weighted by atomic mass is 10.1. The van der Waals surface area contributed by atoms with Gasteiger partial charge in [-0.2, -0.15) is 0 Å². The van der Waals surface area contributed by atoms with E-state index in [1.165, 1.54) is 11.8 Å². The number of rotatable bonds is 9. The molecule has 0 spiro atoms. The fourth-order valence-corrected chi connectivity index (χ4v) is 4.55. The Hall–Kier alpha value is -3.10. The molecule has 6 nitrogen and oxygen atoms in total. The number of hydrogen-bond acceptors (Lipinski definition) is 7. The first kappa shape index (κ1) is 21.1. The lowest BCUT2D eigenvalue weighted by Crippen LogP contribution is -2.05. The van der Waals surface area contributed by atoms with Gasteiger partial charge in [-0.15, -0.1) is 21.5 Å². The van der Waals surface area contributed by atoms with Gasteiger partial charge in [-0.1, -0.05) is 17.8 Å². The predicted octanol–water partition coefficient (Wildman–Crippen LogP) is 5.38. The van der Waals surface area contributed by atoms with E-state index in [1.54, 1.807) is 42.7 Å². The number of ketones is 1. The lowest BCUT2D eigenvalue weighted by Gasteiger charge is -2.11. The van der Waals surface area contributed by atoms with Gasteiger partial charge in [0, 0.05) is 5.56 Å². The van der Waals surface area contributed by atoms with Crippen LogP contribution in [0.5, 0.6) is 11.5 Å². The van der Waals surface area contributed by atoms with Crippen LogP contribution in [0.15, 0.2) is 71.2 Å². The summed E-state index contributed by atoms with van der Waals surface area (Å²) in [7, 11) is 1.60. The van der Waals surface area contributed by atoms with Crippen LogP contribution in [-0.4, -0.2) is 40.0 Å². The zero-order valence-electron chi connectivity index (χ0n) is 17.1. The standard InChI is InChI=1S/C23H21N3O3S2/c1-3-29-19-12-8-17(9-13-19)26-22(21-5-4-14-30-21)24-25-23(26)31-15-20(27)16-6-10-18(28-2)11-7-16/h4-14H,3,15H2,1-2H3. The molecular formula is C23H21N3O3S2. The van der Waals surface area contributed by atoms with Gasteiger partial charge in [0.05, 0.1) is 30.0 Å². The molecule has 0 unspecified atom stereocenters. The van der Waals surface area contributed by atoms with Crippen LogP contribution in [0.3, 0.4) is 0 Å². The van der Waals surface area contributed by atoms with Crippen molar-refractivity contribution >= 4 is 28.9 Å². The molecule has 0 amide bonds. The van der Waals surface area contributed by atoms with E-state index in [1.807, 2.05) is 53.3 Å². The topological polar surface area (TPSA) is 66.2 Å². The number of carbonyl (C=O) groups excluding carboxylic acids is 1. The van der Waals surface area contributed by atoms with Crippen LogP contribution >= 0.6 is 23.1 Å². The summed E-state index contributed by atoms with van der Waals surface area (Å²) in [6, 6.07) is 18.9. The van der Waals surface area contributed by atoms with Gasteiger partial charge < -0.3 is 9.47 Å². The Balaban J connectivity index is 1.60. The number of thiophene rings is 1. The van der Waals surface area contributed by atoms with E-state index in [0.717, 1.165) is 27.9 Å². The van der Waals surface area contributed by atoms with Crippen molar-refractivity contribution in [2.45, 2.75) is 12.1 Å². The molecule has 0 saturated carbocycles. The van der Waals surface area contributed by atoms with Crippen molar-refractivity contribution < 1.29 is 14.3 Å². The van der Waals surface area contributed by atoms with Crippen LogP contribution in [0.4, 0.5) is 0 Å². The van der Waals surface area contributed by atoms with E-state index in [4.69, 9.17) is 9.47 Å². The number of methoxy groups -OCH3 is 1. The number of aromatic nitrogens is 3. The number of Topliss-reactive ketones (excluding diaryl/α,β-unsaturated/α-hetero) is 1. The smallest absolute Gasteiger partial charge is 0.196 e. The van der Waals surface area contributed by atoms with Gasteiger partial charge in [0.15, 0.2) is 16.8 Å². The number of nitrogens with zero attached hydrogens (tertiary/aromatic N) is 3. The predicted molar refractivity (Wildman–Crippen MR) is 124 cm³/mol. The summed E-state index contributed by atoms with van der Waals surface area (Å²) in [4.78, 5) is 13.7. The molecule has 0 aliphatic heterocycles. The van der Waals surface area contributed by atoms with Crippen molar-refractivity contribution in [1.82, 2.24) is 14.8 Å². The Morgan fingerprint density at radius 2 is 1.77 bits per heavy atom. The SMILES string of the molecule is CCOc1ccc(-n2c(SCC(=O)c3ccc(OC)cc3)nnc2-c2cccs2)cc1. The molecule has 158 valence electrons. The molecule has 8 heteroatoms. The van der Waals surface area contributed by atoms with Crippen LogP contribution < -0.4 is 9.47 Å². The molecule has 0 fully saturated rings. The van der Waals surface area contributed by atoms with Crippen molar-refractivity contribution in [3.05, 3.63) is 71.6 Å². The number of carbonyl (C=O) groups is 1. The molecule has 0 bridgehead atoms. The van der Waals surface area contributed by atoms with E-state index in [-0.39, 0.29) is 11.5 Å². The summed E-state index contributed by atoms with van der Waals surface area (Å²) >= 11 is 2.97. The van der Waals surface area contributed by atoms with Gasteiger partial charge >= 0.3 is 0 Å². The Morgan fingerprint density at radius 3 is 2.42 bits per heavy atom. The quantitative estimate of drug-likeness (QED) is 0.251. The minimum Gasteiger partial charge on any atom is -0.497 e. The highest BCUT2D eigenvalue weighted by molar-refractivity contribution is 7.99. The third-order valence-electron chi connectivity index (χ3n) is 4.53. The van der Waals surface area contributed by atoms with Gasteiger partial charge in [-0.05, 0) is 66.9 Å². The second-order valence-corrected chi connectivity index (χ2v) is 8.38. The first-order chi connectivity index (χ1) is 15.2. The van der Waals surface area contributed by atoms with Gasteiger partial charge in [0.2, 0.25) is 0 Å². The maximum absolute atomic E-state index is 12.7. The second-order valence-electron chi connectivity index (χ2n) is 6.49. The fraction of sp³-hybridized carbons (Fsp3) is 0.174. The molecular weight excluding hydrogens is 430 g/mol. The van der Waals surface area contributed by atoms with Crippen LogP contribution in [0, 0.1) is 0 Å². The first-order valence-electron chi connectivity index (χ1n) is 9.72. The Bertz CT molecular complexity index is 1140. The van der Waals surface area contributed by atoms with Gasteiger partial charge in [0.1, 0.15) is 11.5 Å². The molecule has 4 aromatic rings. The molecule has 2 heterocycles. The summed E-state index contributed by atoms with van der Waals surface area (Å²) in [5.74, 6) is 2.55. The number of thioether (sulfide) groups is 1. The highest BCUT2D eigenvalue weighted by Gasteiger charge is 2.18. The normalized spacial score (nSPS) is 10.8. The second kappa shape index (κ2) is 9.80. The van der Waals surface area contributed by atoms with E-state index in [9.17, 15) is 4.79 Å². The molecule has 31 heavy (non-hydrogen) atoms. The van der Waals surface area contributed by atoms with E-state index in [2.05, 4.69) is 10.2 Å². The van der Waals surface area contributed by atoms with Crippen molar-refractivity contribution in [2.24, 2.45) is 0 Å². The summed E-state index contributed by atoms with van der Waals surface area (Å²) in [6.07, 6.45) is 0. The molecule has 0 aliphatic rings. The fourth-order valence-electron chi connectivity index (χ4n) is 3.01. The van der Waals surface area contributed by atoms with Gasteiger partial charge in [0.25, 0.3) is 0 Å². The van der Waals surface area contributed by atoms with E-state index < -0.39 is 0 Å². The Kier molecular flexibility index (Phi) is 6.69. The van der Waals surface area contributed by atoms with Crippen LogP contribution in [0.25, 0.3) is 16.4 Å². The highest BCUT2D eigenvalue weighted by Crippen LogP contribution is 2.31. The summed E-state index contributed by atoms with van der Waals surface area (Å²) < 4.78 is 12.7. The van der Waals surface area contributed by atoms with Crippen LogP contribution in [0.2, 0.25) is 0 Å². The number of benzene rings is 2. The average Bonchev–Trinajstić information content (AvgIpc) is 3.48. The minimum atomic E-state index is 0.0200. The highest BCUT2D eigenvalue weighted by atomic mass is 32.2. The third kappa shape index (κ3) is 4.81. The summed E-state index contributed by atoms with van der Waals surface area (Å²) in [5, 5.41) is 11.5. The van der Waals surface area contributed by atoms with Crippen molar-refractivity contribution in [3.63, 3.8) is 0 Å². The van der Waals surface area contributed by atoms with Crippen LogP contribution in [0.1, 0.15) is 17.3 Å². The van der Waals surface area contributed by atoms with Crippen LogP contribution in [-0.2, 0) is 0 Å². The molecule has 0 N–H and O–H groups in total. The summed E-state index contributed by atoms with van der Waals surface area (Å²) in [6.45, 7) is 2.57. The molecule has 2 aromatic carbocycles.